The minimum Gasteiger partial charge on any atom is -0.307 e. The second-order valence-electron chi connectivity index (χ2n) is 3.06. The van der Waals surface area contributed by atoms with Crippen LogP contribution in [0, 0.1) is 0 Å². The molecule has 0 spiro atoms. The smallest absolute Gasteiger partial charge is 0.257 e. The standard InChI is InChI=1S/C5H13Br2NSi/c1-5(2,3)8(4)9(6)7/h9H,1-4H3. The second kappa shape index (κ2) is 3.51. The monoisotopic (exact) mass is 273 g/mol. The molecule has 56 valence electrons. The molecule has 0 bridgehead atoms. The summed E-state index contributed by atoms with van der Waals surface area (Å²) in [7, 11) is 2.13. The van der Waals surface area contributed by atoms with Gasteiger partial charge in [-0.15, -0.1) is 0 Å². The fourth-order valence-corrected chi connectivity index (χ4v) is 4.56. The number of hydrogen-bond donors (Lipinski definition) is 0. The van der Waals surface area contributed by atoms with Crippen LogP contribution in [0.1, 0.15) is 20.8 Å². The van der Waals surface area contributed by atoms with E-state index in [1.54, 1.807) is 0 Å². The number of rotatable bonds is 1. The lowest BCUT2D eigenvalue weighted by molar-refractivity contribution is 0.303. The normalized spacial score (nSPS) is 13.3. The van der Waals surface area contributed by atoms with Gasteiger partial charge in [-0.25, -0.2) is 0 Å². The summed E-state index contributed by atoms with van der Waals surface area (Å²) < 4.78 is 2.33. The van der Waals surface area contributed by atoms with E-state index in [1.807, 2.05) is 0 Å². The highest BCUT2D eigenvalue weighted by molar-refractivity contribution is 9.48. The van der Waals surface area contributed by atoms with Gasteiger partial charge in [-0.1, -0.05) is 30.6 Å². The summed E-state index contributed by atoms with van der Waals surface area (Å²) in [6.07, 6.45) is -0.931. The Morgan fingerprint density at radius 3 is 1.56 bits per heavy atom. The third kappa shape index (κ3) is 3.75. The molecule has 1 nitrogen and oxygen atoms in total. The zero-order valence-corrected chi connectivity index (χ0v) is 10.6. The molecular weight excluding hydrogens is 262 g/mol. The van der Waals surface area contributed by atoms with Gasteiger partial charge in [0.25, 0.3) is 6.20 Å². The number of nitrogens with zero attached hydrogens (tertiary/aromatic N) is 1. The van der Waals surface area contributed by atoms with Gasteiger partial charge in [0, 0.05) is 5.54 Å². The summed E-state index contributed by atoms with van der Waals surface area (Å²) >= 11 is 7.11. The maximum Gasteiger partial charge on any atom is 0.257 e. The lowest BCUT2D eigenvalue weighted by Gasteiger charge is -2.32. The molecular formula is C5H13Br2NSi. The average molecular weight is 275 g/mol. The fourth-order valence-electron chi connectivity index (χ4n) is 0.293. The van der Waals surface area contributed by atoms with Crippen molar-refractivity contribution in [2.45, 2.75) is 26.3 Å². The van der Waals surface area contributed by atoms with Gasteiger partial charge >= 0.3 is 0 Å². The van der Waals surface area contributed by atoms with Crippen molar-refractivity contribution in [2.75, 3.05) is 7.05 Å². The van der Waals surface area contributed by atoms with Crippen LogP contribution in [0.15, 0.2) is 0 Å². The van der Waals surface area contributed by atoms with Crippen LogP contribution >= 0.6 is 30.6 Å². The molecule has 0 aromatic rings. The van der Waals surface area contributed by atoms with Crippen molar-refractivity contribution in [3.05, 3.63) is 0 Å². The predicted octanol–water partition coefficient (Wildman–Crippen LogP) is 2.22. The first-order chi connectivity index (χ1) is 3.85. The molecule has 0 saturated carbocycles. The van der Waals surface area contributed by atoms with E-state index in [0.717, 1.165) is 0 Å². The molecule has 4 heteroatoms. The van der Waals surface area contributed by atoms with Crippen LogP contribution in [0.25, 0.3) is 0 Å². The van der Waals surface area contributed by atoms with Crippen LogP contribution in [0.3, 0.4) is 0 Å². The van der Waals surface area contributed by atoms with Gasteiger partial charge in [-0.2, -0.15) is 0 Å². The molecule has 0 aromatic heterocycles. The average Bonchev–Trinajstić information content (AvgIpc) is 1.62. The first-order valence-electron chi connectivity index (χ1n) is 2.87. The summed E-state index contributed by atoms with van der Waals surface area (Å²) in [6, 6.07) is 0. The summed E-state index contributed by atoms with van der Waals surface area (Å²) in [5.41, 5.74) is 0.282. The summed E-state index contributed by atoms with van der Waals surface area (Å²) in [5.74, 6) is 0. The van der Waals surface area contributed by atoms with E-state index in [4.69, 9.17) is 0 Å². The van der Waals surface area contributed by atoms with Crippen molar-refractivity contribution in [3.63, 3.8) is 0 Å². The van der Waals surface area contributed by atoms with Crippen molar-refractivity contribution in [1.82, 2.24) is 4.57 Å². The molecule has 0 amide bonds. The Hall–Kier alpha value is 1.14. The Morgan fingerprint density at radius 2 is 1.56 bits per heavy atom. The zero-order chi connectivity index (χ0) is 7.65. The highest BCUT2D eigenvalue weighted by atomic mass is 79.9. The van der Waals surface area contributed by atoms with Crippen LogP contribution in [-0.2, 0) is 0 Å². The van der Waals surface area contributed by atoms with E-state index in [9.17, 15) is 0 Å². The molecule has 9 heavy (non-hydrogen) atoms. The first kappa shape index (κ1) is 10.1. The van der Waals surface area contributed by atoms with Gasteiger partial charge in [0.15, 0.2) is 0 Å². The molecule has 0 aliphatic rings. The van der Waals surface area contributed by atoms with Crippen LogP contribution in [-0.4, -0.2) is 23.3 Å². The SMILES string of the molecule is CN([SiH](Br)Br)C(C)(C)C. The Labute approximate surface area is 74.7 Å². The van der Waals surface area contributed by atoms with Crippen molar-refractivity contribution >= 4 is 36.8 Å². The van der Waals surface area contributed by atoms with Crippen LogP contribution < -0.4 is 0 Å². The fraction of sp³-hybridized carbons (Fsp3) is 1.00. The lowest BCUT2D eigenvalue weighted by atomic mass is 10.1. The van der Waals surface area contributed by atoms with Crippen LogP contribution in [0.5, 0.6) is 0 Å². The maximum absolute atomic E-state index is 3.56. The molecule has 0 aliphatic heterocycles. The lowest BCUT2D eigenvalue weighted by Crippen LogP contribution is -2.42. The summed E-state index contributed by atoms with van der Waals surface area (Å²) in [4.78, 5) is 0. The predicted molar refractivity (Wildman–Crippen MR) is 52.5 cm³/mol. The minimum absolute atomic E-state index is 0.282. The largest absolute Gasteiger partial charge is 0.307 e. The third-order valence-corrected chi connectivity index (χ3v) is 6.40. The molecule has 0 unspecified atom stereocenters. The van der Waals surface area contributed by atoms with Crippen LogP contribution in [0.4, 0.5) is 0 Å². The Kier molecular flexibility index (Phi) is 3.95. The maximum atomic E-state index is 3.56. The quantitative estimate of drug-likeness (QED) is 0.524. The van der Waals surface area contributed by atoms with E-state index in [2.05, 4.69) is 63.0 Å². The molecule has 0 fully saturated rings. The van der Waals surface area contributed by atoms with E-state index in [1.165, 1.54) is 0 Å². The van der Waals surface area contributed by atoms with Crippen LogP contribution in [0.2, 0.25) is 0 Å². The zero-order valence-electron chi connectivity index (χ0n) is 6.28. The summed E-state index contributed by atoms with van der Waals surface area (Å²) in [6.45, 7) is 6.61. The molecule has 0 atom stereocenters. The third-order valence-electron chi connectivity index (χ3n) is 1.35. The Morgan fingerprint density at radius 1 is 1.22 bits per heavy atom. The molecule has 0 radical (unpaired) electrons. The molecule has 0 N–H and O–H groups in total. The molecule has 0 aliphatic carbocycles. The summed E-state index contributed by atoms with van der Waals surface area (Å²) in [5, 5.41) is 0. The van der Waals surface area contributed by atoms with Crippen molar-refractivity contribution in [3.8, 4) is 0 Å². The van der Waals surface area contributed by atoms with E-state index in [0.29, 0.717) is 0 Å². The van der Waals surface area contributed by atoms with Crippen molar-refractivity contribution in [2.24, 2.45) is 0 Å². The van der Waals surface area contributed by atoms with Gasteiger partial charge in [-0.3, -0.25) is 0 Å². The van der Waals surface area contributed by atoms with Gasteiger partial charge < -0.3 is 4.57 Å². The van der Waals surface area contributed by atoms with E-state index < -0.39 is 6.20 Å². The highest BCUT2D eigenvalue weighted by Crippen LogP contribution is 2.18. The second-order valence-corrected chi connectivity index (χ2v) is 13.3. The number of hydrogen-bond acceptors (Lipinski definition) is 1. The van der Waals surface area contributed by atoms with Gasteiger partial charge in [0.1, 0.15) is 0 Å². The molecule has 0 rings (SSSR count). The van der Waals surface area contributed by atoms with Gasteiger partial charge in [0.05, 0.1) is 0 Å². The molecule has 0 aromatic carbocycles. The molecule has 0 heterocycles. The minimum atomic E-state index is -0.931. The topological polar surface area (TPSA) is 3.24 Å². The van der Waals surface area contributed by atoms with Gasteiger partial charge in [-0.05, 0) is 27.8 Å². The molecule has 0 saturated heterocycles. The Balaban J connectivity index is 3.88. The number of halogens is 2. The Bertz CT molecular complexity index is 89.4. The van der Waals surface area contributed by atoms with E-state index in [-0.39, 0.29) is 5.54 Å². The van der Waals surface area contributed by atoms with Crippen molar-refractivity contribution < 1.29 is 0 Å². The van der Waals surface area contributed by atoms with E-state index >= 15 is 0 Å². The highest BCUT2D eigenvalue weighted by Gasteiger charge is 2.21. The van der Waals surface area contributed by atoms with Crippen molar-refractivity contribution in [1.29, 1.82) is 0 Å². The first-order valence-corrected chi connectivity index (χ1v) is 9.75. The van der Waals surface area contributed by atoms with Gasteiger partial charge in [0.2, 0.25) is 0 Å².